The van der Waals surface area contributed by atoms with Gasteiger partial charge in [-0.3, -0.25) is 14.5 Å². The molecule has 2 aliphatic heterocycles. The lowest BCUT2D eigenvalue weighted by Crippen LogP contribution is -2.38. The van der Waals surface area contributed by atoms with Gasteiger partial charge in [-0.2, -0.15) is 0 Å². The van der Waals surface area contributed by atoms with Crippen molar-refractivity contribution in [2.24, 2.45) is 5.92 Å². The smallest absolute Gasteiger partial charge is 0.295 e. The molecule has 2 aromatic rings. The summed E-state index contributed by atoms with van der Waals surface area (Å²) >= 11 is 0. The number of likely N-dealkylation sites (tertiary alicyclic amines) is 1. The number of amides is 1. The summed E-state index contributed by atoms with van der Waals surface area (Å²) in [6.07, 6.45) is 0.678. The lowest BCUT2D eigenvalue weighted by Gasteiger charge is -2.29. The van der Waals surface area contributed by atoms with Crippen molar-refractivity contribution in [3.63, 3.8) is 0 Å². The molecule has 0 bridgehead atoms. The van der Waals surface area contributed by atoms with E-state index in [1.54, 1.807) is 48.4 Å². The van der Waals surface area contributed by atoms with Crippen LogP contribution in [-0.4, -0.2) is 86.8 Å². The number of ketones is 1. The molecule has 216 valence electrons. The van der Waals surface area contributed by atoms with E-state index in [2.05, 4.69) is 18.7 Å². The molecule has 2 fully saturated rings. The van der Waals surface area contributed by atoms with E-state index in [0.717, 1.165) is 25.2 Å². The SMILES string of the molecule is COc1ccc([C@@H]2C(=C(O)c3ccc(OCC(C)C)c(C)c3)C(=O)C(=O)N2CCCN2CCOCC2)cc1OC. The molecule has 9 nitrogen and oxygen atoms in total. The van der Waals surface area contributed by atoms with Crippen LogP contribution < -0.4 is 14.2 Å². The molecule has 0 saturated carbocycles. The molecule has 40 heavy (non-hydrogen) atoms. The fourth-order valence-corrected chi connectivity index (χ4v) is 5.14. The predicted molar refractivity (Wildman–Crippen MR) is 152 cm³/mol. The van der Waals surface area contributed by atoms with Gasteiger partial charge in [0.2, 0.25) is 0 Å². The van der Waals surface area contributed by atoms with E-state index in [9.17, 15) is 14.7 Å². The van der Waals surface area contributed by atoms with Crippen molar-refractivity contribution in [3.05, 3.63) is 58.7 Å². The molecule has 1 atom stereocenters. The van der Waals surface area contributed by atoms with Crippen molar-refractivity contribution in [2.45, 2.75) is 33.2 Å². The summed E-state index contributed by atoms with van der Waals surface area (Å²) in [5, 5.41) is 11.5. The molecule has 0 radical (unpaired) electrons. The minimum atomic E-state index is -0.776. The molecular weight excluding hydrogens is 512 g/mol. The topological polar surface area (TPSA) is 97.8 Å². The van der Waals surface area contributed by atoms with Crippen LogP contribution in [0.1, 0.15) is 43.0 Å². The second-order valence-corrected chi connectivity index (χ2v) is 10.6. The van der Waals surface area contributed by atoms with Crippen molar-refractivity contribution >= 4 is 17.4 Å². The lowest BCUT2D eigenvalue weighted by molar-refractivity contribution is -0.140. The maximum Gasteiger partial charge on any atom is 0.295 e. The average Bonchev–Trinajstić information content (AvgIpc) is 3.21. The number of Topliss-reactive ketones (excluding diaryl/α,β-unsaturated/α-hetero) is 1. The molecule has 2 aromatic carbocycles. The zero-order valence-electron chi connectivity index (χ0n) is 24.1. The average molecular weight is 553 g/mol. The summed E-state index contributed by atoms with van der Waals surface area (Å²) in [7, 11) is 3.08. The van der Waals surface area contributed by atoms with Gasteiger partial charge in [-0.05, 0) is 60.7 Å². The van der Waals surface area contributed by atoms with Crippen LogP contribution in [0.2, 0.25) is 0 Å². The molecule has 0 spiro atoms. The Morgan fingerprint density at radius 2 is 1.70 bits per heavy atom. The zero-order chi connectivity index (χ0) is 28.8. The second-order valence-electron chi connectivity index (χ2n) is 10.6. The molecule has 0 aromatic heterocycles. The third-order valence-corrected chi connectivity index (χ3v) is 7.26. The first-order chi connectivity index (χ1) is 19.2. The highest BCUT2D eigenvalue weighted by Crippen LogP contribution is 2.42. The number of hydrogen-bond acceptors (Lipinski definition) is 8. The Balaban J connectivity index is 1.71. The third-order valence-electron chi connectivity index (χ3n) is 7.26. The maximum atomic E-state index is 13.5. The number of methoxy groups -OCH3 is 2. The van der Waals surface area contributed by atoms with E-state index in [1.807, 2.05) is 6.92 Å². The summed E-state index contributed by atoms with van der Waals surface area (Å²) in [6.45, 7) is 10.8. The van der Waals surface area contributed by atoms with Gasteiger partial charge >= 0.3 is 0 Å². The Bertz CT molecular complexity index is 1250. The largest absolute Gasteiger partial charge is 0.507 e. The monoisotopic (exact) mass is 552 g/mol. The minimum absolute atomic E-state index is 0.0545. The van der Waals surface area contributed by atoms with E-state index in [1.165, 1.54) is 7.11 Å². The number of ether oxygens (including phenoxy) is 4. The standard InChI is InChI=1S/C31H40N2O7/c1-20(2)19-40-24-9-8-23(17-21(24)3)29(34)27-28(22-7-10-25(37-4)26(18-22)38-5)33(31(36)30(27)35)12-6-11-32-13-15-39-16-14-32/h7-10,17-18,20,28,34H,6,11-16,19H2,1-5H3/t28-/m1/s1. The van der Waals surface area contributed by atoms with Crippen LogP contribution >= 0.6 is 0 Å². The first-order valence-corrected chi connectivity index (χ1v) is 13.8. The van der Waals surface area contributed by atoms with Crippen molar-refractivity contribution in [3.8, 4) is 17.2 Å². The minimum Gasteiger partial charge on any atom is -0.507 e. The fourth-order valence-electron chi connectivity index (χ4n) is 5.14. The van der Waals surface area contributed by atoms with Gasteiger partial charge in [0.05, 0.1) is 45.7 Å². The number of aryl methyl sites for hydroxylation is 1. The van der Waals surface area contributed by atoms with Gasteiger partial charge in [0.1, 0.15) is 11.5 Å². The van der Waals surface area contributed by atoms with E-state index in [0.29, 0.717) is 67.1 Å². The summed E-state index contributed by atoms with van der Waals surface area (Å²) < 4.78 is 22.2. The number of carbonyl (C=O) groups is 2. The number of benzene rings is 2. The van der Waals surface area contributed by atoms with Crippen molar-refractivity contribution < 1.29 is 33.6 Å². The van der Waals surface area contributed by atoms with Gasteiger partial charge < -0.3 is 29.0 Å². The number of nitrogens with zero attached hydrogens (tertiary/aromatic N) is 2. The van der Waals surface area contributed by atoms with Crippen LogP contribution in [0.25, 0.3) is 5.76 Å². The van der Waals surface area contributed by atoms with Gasteiger partial charge in [-0.25, -0.2) is 0 Å². The summed E-state index contributed by atoms with van der Waals surface area (Å²) in [5.74, 6) is 0.536. The summed E-state index contributed by atoms with van der Waals surface area (Å²) in [5.41, 5.74) is 1.98. The highest BCUT2D eigenvalue weighted by molar-refractivity contribution is 6.46. The summed E-state index contributed by atoms with van der Waals surface area (Å²) in [6, 6.07) is 9.81. The number of rotatable bonds is 11. The van der Waals surface area contributed by atoms with Gasteiger partial charge in [-0.1, -0.05) is 19.9 Å². The number of aliphatic hydroxyl groups excluding tert-OH is 1. The molecule has 2 saturated heterocycles. The van der Waals surface area contributed by atoms with Crippen LogP contribution in [-0.2, 0) is 14.3 Å². The maximum absolute atomic E-state index is 13.5. The molecule has 9 heteroatoms. The van der Waals surface area contributed by atoms with Gasteiger partial charge in [0.25, 0.3) is 11.7 Å². The highest BCUT2D eigenvalue weighted by Gasteiger charge is 2.46. The van der Waals surface area contributed by atoms with Crippen molar-refractivity contribution in [1.82, 2.24) is 9.80 Å². The van der Waals surface area contributed by atoms with Crippen LogP contribution in [0.4, 0.5) is 0 Å². The number of hydrogen-bond donors (Lipinski definition) is 1. The number of morpholine rings is 1. The van der Waals surface area contributed by atoms with Crippen LogP contribution in [0.15, 0.2) is 42.0 Å². The molecule has 1 N–H and O–H groups in total. The zero-order valence-corrected chi connectivity index (χ0v) is 24.1. The van der Waals surface area contributed by atoms with Crippen LogP contribution in [0.3, 0.4) is 0 Å². The lowest BCUT2D eigenvalue weighted by atomic mass is 9.94. The van der Waals surface area contributed by atoms with E-state index in [4.69, 9.17) is 18.9 Å². The van der Waals surface area contributed by atoms with Gasteiger partial charge in [0.15, 0.2) is 11.5 Å². The molecule has 1 amide bonds. The first-order valence-electron chi connectivity index (χ1n) is 13.8. The molecule has 4 rings (SSSR count). The highest BCUT2D eigenvalue weighted by atomic mass is 16.5. The molecular formula is C31H40N2O7. The van der Waals surface area contributed by atoms with E-state index < -0.39 is 17.7 Å². The molecule has 0 aliphatic carbocycles. The Morgan fingerprint density at radius 3 is 2.35 bits per heavy atom. The van der Waals surface area contributed by atoms with Crippen LogP contribution in [0, 0.1) is 12.8 Å². The van der Waals surface area contributed by atoms with Gasteiger partial charge in [0, 0.05) is 31.7 Å². The Hall–Kier alpha value is -3.56. The normalized spacial score (nSPS) is 19.4. The summed E-state index contributed by atoms with van der Waals surface area (Å²) in [4.78, 5) is 30.7. The fraction of sp³-hybridized carbons (Fsp3) is 0.484. The third kappa shape index (κ3) is 6.42. The van der Waals surface area contributed by atoms with Crippen molar-refractivity contribution in [1.29, 1.82) is 0 Å². The Labute approximate surface area is 236 Å². The molecule has 0 unspecified atom stereocenters. The number of aliphatic hydroxyl groups is 1. The van der Waals surface area contributed by atoms with E-state index in [-0.39, 0.29) is 11.3 Å². The van der Waals surface area contributed by atoms with Gasteiger partial charge in [-0.15, -0.1) is 0 Å². The predicted octanol–water partition coefficient (Wildman–Crippen LogP) is 4.19. The van der Waals surface area contributed by atoms with Crippen LogP contribution in [0.5, 0.6) is 17.2 Å². The molecule has 2 aliphatic rings. The Morgan fingerprint density at radius 1 is 1.00 bits per heavy atom. The quantitative estimate of drug-likeness (QED) is 0.252. The van der Waals surface area contributed by atoms with E-state index >= 15 is 0 Å². The Kier molecular flexibility index (Phi) is 9.71. The number of carbonyl (C=O) groups excluding carboxylic acids is 2. The first kappa shape index (κ1) is 29.4. The second kappa shape index (κ2) is 13.2. The molecule has 2 heterocycles. The van der Waals surface area contributed by atoms with Crippen molar-refractivity contribution in [2.75, 3.05) is 60.2 Å².